The monoisotopic (exact) mass is 310 g/mol. The second-order valence-electron chi connectivity index (χ2n) is 4.38. The lowest BCUT2D eigenvalue weighted by molar-refractivity contribution is -0.127. The minimum Gasteiger partial charge on any atom is -0.353 e. The molecule has 2 amide bonds. The molecule has 0 bridgehead atoms. The highest BCUT2D eigenvalue weighted by molar-refractivity contribution is 9.10. The van der Waals surface area contributed by atoms with E-state index in [1.807, 2.05) is 19.1 Å². The lowest BCUT2D eigenvalue weighted by Crippen LogP contribution is -2.55. The van der Waals surface area contributed by atoms with Crippen LogP contribution in [0.3, 0.4) is 0 Å². The zero-order valence-electron chi connectivity index (χ0n) is 10.4. The van der Waals surface area contributed by atoms with E-state index in [1.54, 1.807) is 17.9 Å². The van der Waals surface area contributed by atoms with Crippen molar-refractivity contribution in [3.05, 3.63) is 33.8 Å². The molecular weight excluding hydrogens is 296 g/mol. The second-order valence-corrected chi connectivity index (χ2v) is 5.23. The number of hydrogen-bond acceptors (Lipinski definition) is 2. The molecule has 1 fully saturated rings. The second kappa shape index (κ2) is 5.10. The summed E-state index contributed by atoms with van der Waals surface area (Å²) in [7, 11) is 0. The predicted molar refractivity (Wildman–Crippen MR) is 72.4 cm³/mol. The molecule has 4 nitrogen and oxygen atoms in total. The van der Waals surface area contributed by atoms with E-state index in [-0.39, 0.29) is 11.8 Å². The van der Waals surface area contributed by atoms with Crippen molar-refractivity contribution >= 4 is 27.7 Å². The summed E-state index contributed by atoms with van der Waals surface area (Å²) in [6, 6.07) is 5.11. The van der Waals surface area contributed by atoms with Gasteiger partial charge >= 0.3 is 0 Å². The first-order valence-electron chi connectivity index (χ1n) is 5.86. The fourth-order valence-electron chi connectivity index (χ4n) is 2.05. The lowest BCUT2D eigenvalue weighted by atomic mass is 10.1. The summed E-state index contributed by atoms with van der Waals surface area (Å²) in [5, 5.41) is 2.75. The molecule has 1 aliphatic heterocycles. The molecule has 18 heavy (non-hydrogen) atoms. The topological polar surface area (TPSA) is 49.4 Å². The van der Waals surface area contributed by atoms with Gasteiger partial charge in [-0.2, -0.15) is 0 Å². The van der Waals surface area contributed by atoms with Gasteiger partial charge in [0.1, 0.15) is 6.04 Å². The Bertz CT molecular complexity index is 502. The van der Waals surface area contributed by atoms with Crippen molar-refractivity contribution < 1.29 is 9.59 Å². The van der Waals surface area contributed by atoms with E-state index < -0.39 is 6.04 Å². The number of amides is 2. The van der Waals surface area contributed by atoms with Gasteiger partial charge in [0.05, 0.1) is 0 Å². The van der Waals surface area contributed by atoms with Crippen LogP contribution in [0, 0.1) is 6.92 Å². The van der Waals surface area contributed by atoms with Crippen LogP contribution < -0.4 is 5.32 Å². The summed E-state index contributed by atoms with van der Waals surface area (Å²) < 4.78 is 0.905. The maximum atomic E-state index is 12.5. The van der Waals surface area contributed by atoms with Gasteiger partial charge < -0.3 is 10.2 Å². The van der Waals surface area contributed by atoms with E-state index in [2.05, 4.69) is 21.2 Å². The fourth-order valence-corrected chi connectivity index (χ4v) is 2.42. The van der Waals surface area contributed by atoms with Crippen LogP contribution in [0.25, 0.3) is 0 Å². The van der Waals surface area contributed by atoms with Crippen molar-refractivity contribution in [1.29, 1.82) is 0 Å². The zero-order valence-corrected chi connectivity index (χ0v) is 12.0. The molecular formula is C13H15BrN2O2. The van der Waals surface area contributed by atoms with Gasteiger partial charge in [-0.05, 0) is 31.5 Å². The van der Waals surface area contributed by atoms with E-state index in [9.17, 15) is 9.59 Å². The Kier molecular flexibility index (Phi) is 3.71. The molecule has 1 unspecified atom stereocenters. The van der Waals surface area contributed by atoms with E-state index in [0.29, 0.717) is 18.7 Å². The summed E-state index contributed by atoms with van der Waals surface area (Å²) in [6.07, 6.45) is 0. The van der Waals surface area contributed by atoms with E-state index in [0.717, 1.165) is 10.0 Å². The number of nitrogens with zero attached hydrogens (tertiary/aromatic N) is 1. The number of benzene rings is 1. The number of rotatable bonds is 1. The summed E-state index contributed by atoms with van der Waals surface area (Å²) in [6.45, 7) is 4.71. The summed E-state index contributed by atoms with van der Waals surface area (Å²) >= 11 is 3.42. The van der Waals surface area contributed by atoms with Crippen molar-refractivity contribution in [3.8, 4) is 0 Å². The number of carbonyl (C=O) groups is 2. The Morgan fingerprint density at radius 1 is 1.50 bits per heavy atom. The summed E-state index contributed by atoms with van der Waals surface area (Å²) in [5.74, 6) is -0.182. The Balaban J connectivity index is 2.31. The van der Waals surface area contributed by atoms with Crippen molar-refractivity contribution in [3.63, 3.8) is 0 Å². The van der Waals surface area contributed by atoms with Crippen LogP contribution in [0.15, 0.2) is 22.7 Å². The molecule has 0 aromatic heterocycles. The number of nitrogens with one attached hydrogen (secondary N) is 1. The summed E-state index contributed by atoms with van der Waals surface area (Å²) in [4.78, 5) is 25.7. The molecule has 1 heterocycles. The first-order chi connectivity index (χ1) is 8.52. The van der Waals surface area contributed by atoms with Crippen molar-refractivity contribution in [2.24, 2.45) is 0 Å². The van der Waals surface area contributed by atoms with Gasteiger partial charge in [0.2, 0.25) is 5.91 Å². The Hall–Kier alpha value is -1.36. The van der Waals surface area contributed by atoms with E-state index in [1.165, 1.54) is 0 Å². The van der Waals surface area contributed by atoms with Crippen LogP contribution in [0.1, 0.15) is 22.8 Å². The van der Waals surface area contributed by atoms with Crippen molar-refractivity contribution in [2.45, 2.75) is 19.9 Å². The quantitative estimate of drug-likeness (QED) is 0.858. The number of halogens is 1. The Morgan fingerprint density at radius 3 is 2.94 bits per heavy atom. The van der Waals surface area contributed by atoms with E-state index in [4.69, 9.17) is 0 Å². The maximum Gasteiger partial charge on any atom is 0.254 e. The molecule has 0 aliphatic carbocycles. The van der Waals surface area contributed by atoms with Crippen LogP contribution in [0.4, 0.5) is 0 Å². The fraction of sp³-hybridized carbons (Fsp3) is 0.385. The lowest BCUT2D eigenvalue weighted by Gasteiger charge is -2.33. The highest BCUT2D eigenvalue weighted by atomic mass is 79.9. The van der Waals surface area contributed by atoms with Gasteiger partial charge in [-0.1, -0.05) is 22.0 Å². The van der Waals surface area contributed by atoms with Gasteiger partial charge in [-0.15, -0.1) is 0 Å². The van der Waals surface area contributed by atoms with Gasteiger partial charge in [-0.3, -0.25) is 9.59 Å². The van der Waals surface area contributed by atoms with Crippen LogP contribution in [-0.4, -0.2) is 35.8 Å². The maximum absolute atomic E-state index is 12.5. The molecule has 5 heteroatoms. The van der Waals surface area contributed by atoms with Crippen LogP contribution >= 0.6 is 15.9 Å². The first kappa shape index (κ1) is 13.1. The number of carbonyl (C=O) groups excluding carboxylic acids is 2. The minimum absolute atomic E-state index is 0.0869. The average Bonchev–Trinajstić information content (AvgIpc) is 2.35. The third-order valence-electron chi connectivity index (χ3n) is 3.26. The van der Waals surface area contributed by atoms with Crippen LogP contribution in [-0.2, 0) is 4.79 Å². The van der Waals surface area contributed by atoms with Gasteiger partial charge in [0, 0.05) is 23.1 Å². The van der Waals surface area contributed by atoms with Crippen LogP contribution in [0.2, 0.25) is 0 Å². The van der Waals surface area contributed by atoms with Gasteiger partial charge in [0.25, 0.3) is 5.91 Å². The first-order valence-corrected chi connectivity index (χ1v) is 6.65. The normalized spacial score (nSPS) is 19.6. The standard InChI is InChI=1S/C13H15BrN2O2/c1-8-10(4-3-5-11(8)14)13(18)16-7-6-15-12(17)9(16)2/h3-5,9H,6-7H2,1-2H3,(H,15,17). The average molecular weight is 311 g/mol. The largest absolute Gasteiger partial charge is 0.353 e. The molecule has 0 radical (unpaired) electrons. The molecule has 96 valence electrons. The molecule has 1 aromatic rings. The third kappa shape index (κ3) is 2.27. The number of piperazine rings is 1. The molecule has 1 N–H and O–H groups in total. The zero-order chi connectivity index (χ0) is 13.3. The molecule has 1 atom stereocenters. The molecule has 0 spiro atoms. The van der Waals surface area contributed by atoms with Crippen molar-refractivity contribution in [2.75, 3.05) is 13.1 Å². The van der Waals surface area contributed by atoms with E-state index >= 15 is 0 Å². The Labute approximate surface area is 114 Å². The molecule has 1 saturated heterocycles. The highest BCUT2D eigenvalue weighted by Gasteiger charge is 2.30. The van der Waals surface area contributed by atoms with Crippen molar-refractivity contribution in [1.82, 2.24) is 10.2 Å². The molecule has 1 aliphatic rings. The third-order valence-corrected chi connectivity index (χ3v) is 4.12. The number of hydrogen-bond donors (Lipinski definition) is 1. The van der Waals surface area contributed by atoms with Gasteiger partial charge in [-0.25, -0.2) is 0 Å². The highest BCUT2D eigenvalue weighted by Crippen LogP contribution is 2.21. The summed E-state index contributed by atoms with van der Waals surface area (Å²) in [5.41, 5.74) is 1.55. The SMILES string of the molecule is Cc1c(Br)cccc1C(=O)N1CCNC(=O)C1C. The predicted octanol–water partition coefficient (Wildman–Crippen LogP) is 1.72. The smallest absolute Gasteiger partial charge is 0.254 e. The van der Waals surface area contributed by atoms with Crippen LogP contribution in [0.5, 0.6) is 0 Å². The molecule has 2 rings (SSSR count). The minimum atomic E-state index is -0.412. The Morgan fingerprint density at radius 2 is 2.22 bits per heavy atom. The molecule has 0 saturated carbocycles. The van der Waals surface area contributed by atoms with Gasteiger partial charge in [0.15, 0.2) is 0 Å². The molecule has 1 aromatic carbocycles.